The second kappa shape index (κ2) is 8.20. The van der Waals surface area contributed by atoms with Gasteiger partial charge in [0.1, 0.15) is 0 Å². The molecule has 2 N–H and O–H groups in total. The molecule has 1 aromatic carbocycles. The maximum Gasteiger partial charge on any atom is 0.212 e. The topological polar surface area (TPSA) is 58.2 Å². The van der Waals surface area contributed by atoms with Crippen molar-refractivity contribution in [3.63, 3.8) is 0 Å². The van der Waals surface area contributed by atoms with Crippen molar-refractivity contribution in [2.45, 2.75) is 26.3 Å². The van der Waals surface area contributed by atoms with E-state index in [1.54, 1.807) is 18.2 Å². The third-order valence-electron chi connectivity index (χ3n) is 2.65. The van der Waals surface area contributed by atoms with Crippen LogP contribution in [0.3, 0.4) is 0 Å². The zero-order chi connectivity index (χ0) is 15.2. The standard InChI is InChI=1S/C13H20Cl2N2O2S/c1-10(2)16-7-8-20(18,19)17-6-5-11-3-4-12(14)9-13(11)15/h3-4,9-10,16-17H,5-8H2,1-2H3. The van der Waals surface area contributed by atoms with Gasteiger partial charge in [-0.25, -0.2) is 13.1 Å². The Labute approximate surface area is 130 Å². The highest BCUT2D eigenvalue weighted by molar-refractivity contribution is 7.89. The Hall–Kier alpha value is -0.330. The van der Waals surface area contributed by atoms with E-state index < -0.39 is 10.0 Å². The minimum absolute atomic E-state index is 0.0690. The molecule has 0 radical (unpaired) electrons. The minimum atomic E-state index is -3.25. The summed E-state index contributed by atoms with van der Waals surface area (Å²) in [6.07, 6.45) is 0.535. The van der Waals surface area contributed by atoms with E-state index in [4.69, 9.17) is 23.2 Å². The molecule has 0 heterocycles. The first-order chi connectivity index (χ1) is 9.30. The fourth-order valence-electron chi connectivity index (χ4n) is 1.62. The van der Waals surface area contributed by atoms with Crippen LogP contribution < -0.4 is 10.0 Å². The molecule has 0 aliphatic carbocycles. The van der Waals surface area contributed by atoms with Crippen LogP contribution in [0, 0.1) is 0 Å². The van der Waals surface area contributed by atoms with Crippen LogP contribution in [0.4, 0.5) is 0 Å². The van der Waals surface area contributed by atoms with Gasteiger partial charge < -0.3 is 5.32 Å². The number of rotatable bonds is 8. The van der Waals surface area contributed by atoms with Gasteiger partial charge in [-0.3, -0.25) is 0 Å². The van der Waals surface area contributed by atoms with Crippen molar-refractivity contribution in [1.82, 2.24) is 10.0 Å². The van der Waals surface area contributed by atoms with Crippen molar-refractivity contribution in [3.8, 4) is 0 Å². The molecule has 0 saturated heterocycles. The Morgan fingerprint density at radius 3 is 2.50 bits per heavy atom. The third kappa shape index (κ3) is 6.90. The molecule has 1 rings (SSSR count). The molecular formula is C13H20Cl2N2O2S. The largest absolute Gasteiger partial charge is 0.313 e. The Kier molecular flexibility index (Phi) is 7.26. The monoisotopic (exact) mass is 338 g/mol. The van der Waals surface area contributed by atoms with Crippen LogP contribution in [-0.4, -0.2) is 33.3 Å². The lowest BCUT2D eigenvalue weighted by Crippen LogP contribution is -2.35. The van der Waals surface area contributed by atoms with Gasteiger partial charge in [-0.1, -0.05) is 43.1 Å². The third-order valence-corrected chi connectivity index (χ3v) is 4.63. The lowest BCUT2D eigenvalue weighted by molar-refractivity contribution is 0.567. The Bertz CT molecular complexity index is 533. The summed E-state index contributed by atoms with van der Waals surface area (Å²) in [5.74, 6) is 0.0690. The predicted octanol–water partition coefficient (Wildman–Crippen LogP) is 2.45. The number of halogens is 2. The summed E-state index contributed by atoms with van der Waals surface area (Å²) >= 11 is 11.8. The van der Waals surface area contributed by atoms with Gasteiger partial charge in [-0.15, -0.1) is 0 Å². The first-order valence-corrected chi connectivity index (χ1v) is 8.85. The van der Waals surface area contributed by atoms with Crippen LogP contribution in [0.5, 0.6) is 0 Å². The van der Waals surface area contributed by atoms with Crippen molar-refractivity contribution >= 4 is 33.2 Å². The SMILES string of the molecule is CC(C)NCCS(=O)(=O)NCCc1ccc(Cl)cc1Cl. The van der Waals surface area contributed by atoms with Crippen molar-refractivity contribution in [3.05, 3.63) is 33.8 Å². The van der Waals surface area contributed by atoms with Gasteiger partial charge in [0.05, 0.1) is 5.75 Å². The Morgan fingerprint density at radius 1 is 1.20 bits per heavy atom. The molecule has 0 unspecified atom stereocenters. The molecule has 0 atom stereocenters. The van der Waals surface area contributed by atoms with Crippen LogP contribution in [0.2, 0.25) is 10.0 Å². The highest BCUT2D eigenvalue weighted by atomic mass is 35.5. The number of hydrogen-bond acceptors (Lipinski definition) is 3. The summed E-state index contributed by atoms with van der Waals surface area (Å²) in [6, 6.07) is 5.47. The van der Waals surface area contributed by atoms with Crippen LogP contribution in [0.1, 0.15) is 19.4 Å². The lowest BCUT2D eigenvalue weighted by atomic mass is 10.1. The van der Waals surface area contributed by atoms with Gasteiger partial charge in [0.15, 0.2) is 0 Å². The van der Waals surface area contributed by atoms with E-state index in [2.05, 4.69) is 10.0 Å². The van der Waals surface area contributed by atoms with E-state index in [0.29, 0.717) is 29.6 Å². The highest BCUT2D eigenvalue weighted by Gasteiger charge is 2.10. The molecule has 4 nitrogen and oxygen atoms in total. The number of nitrogens with one attached hydrogen (secondary N) is 2. The zero-order valence-corrected chi connectivity index (χ0v) is 13.9. The summed E-state index contributed by atoms with van der Waals surface area (Å²) in [5, 5.41) is 4.19. The van der Waals surface area contributed by atoms with E-state index in [1.807, 2.05) is 13.8 Å². The maximum atomic E-state index is 11.7. The second-order valence-electron chi connectivity index (χ2n) is 4.81. The molecule has 0 aliphatic heterocycles. The fraction of sp³-hybridized carbons (Fsp3) is 0.538. The smallest absolute Gasteiger partial charge is 0.212 e. The summed E-state index contributed by atoms with van der Waals surface area (Å²) in [6.45, 7) is 4.71. The van der Waals surface area contributed by atoms with E-state index in [1.165, 1.54) is 0 Å². The summed E-state index contributed by atoms with van der Waals surface area (Å²) in [7, 11) is -3.25. The number of benzene rings is 1. The van der Waals surface area contributed by atoms with Crippen molar-refractivity contribution in [2.24, 2.45) is 0 Å². The summed E-state index contributed by atoms with van der Waals surface area (Å²) in [5.41, 5.74) is 0.874. The van der Waals surface area contributed by atoms with Gasteiger partial charge >= 0.3 is 0 Å². The molecule has 7 heteroatoms. The maximum absolute atomic E-state index is 11.7. The zero-order valence-electron chi connectivity index (χ0n) is 11.6. The van der Waals surface area contributed by atoms with Gasteiger partial charge in [0, 0.05) is 29.2 Å². The first kappa shape index (κ1) is 17.7. The van der Waals surface area contributed by atoms with E-state index in [-0.39, 0.29) is 11.8 Å². The minimum Gasteiger partial charge on any atom is -0.313 e. The average Bonchev–Trinajstić information content (AvgIpc) is 2.31. The fourth-order valence-corrected chi connectivity index (χ4v) is 3.07. The molecule has 20 heavy (non-hydrogen) atoms. The molecule has 0 amide bonds. The molecule has 0 spiro atoms. The molecular weight excluding hydrogens is 319 g/mol. The highest BCUT2D eigenvalue weighted by Crippen LogP contribution is 2.21. The second-order valence-corrected chi connectivity index (χ2v) is 7.58. The van der Waals surface area contributed by atoms with E-state index in [9.17, 15) is 8.42 Å². The van der Waals surface area contributed by atoms with Gasteiger partial charge in [0.2, 0.25) is 10.0 Å². The van der Waals surface area contributed by atoms with Crippen LogP contribution in [-0.2, 0) is 16.4 Å². The van der Waals surface area contributed by atoms with Crippen molar-refractivity contribution < 1.29 is 8.42 Å². The molecule has 1 aromatic rings. The molecule has 0 bridgehead atoms. The van der Waals surface area contributed by atoms with Crippen molar-refractivity contribution in [1.29, 1.82) is 0 Å². The predicted molar refractivity (Wildman–Crippen MR) is 85.1 cm³/mol. The average molecular weight is 339 g/mol. The van der Waals surface area contributed by atoms with Crippen LogP contribution >= 0.6 is 23.2 Å². The van der Waals surface area contributed by atoms with E-state index in [0.717, 1.165) is 5.56 Å². The van der Waals surface area contributed by atoms with Gasteiger partial charge in [-0.2, -0.15) is 0 Å². The van der Waals surface area contributed by atoms with Crippen LogP contribution in [0.25, 0.3) is 0 Å². The van der Waals surface area contributed by atoms with Crippen LogP contribution in [0.15, 0.2) is 18.2 Å². The normalized spacial score (nSPS) is 12.1. The Morgan fingerprint density at radius 2 is 1.90 bits per heavy atom. The molecule has 0 aromatic heterocycles. The summed E-state index contributed by atoms with van der Waals surface area (Å²) < 4.78 is 26.0. The number of sulfonamides is 1. The lowest BCUT2D eigenvalue weighted by Gasteiger charge is -2.10. The van der Waals surface area contributed by atoms with Crippen molar-refractivity contribution in [2.75, 3.05) is 18.8 Å². The molecule has 0 saturated carbocycles. The molecule has 0 aliphatic rings. The molecule has 114 valence electrons. The quantitative estimate of drug-likeness (QED) is 0.765. The molecule has 0 fully saturated rings. The van der Waals surface area contributed by atoms with Gasteiger partial charge in [0.25, 0.3) is 0 Å². The first-order valence-electron chi connectivity index (χ1n) is 6.45. The Balaban J connectivity index is 2.39. The van der Waals surface area contributed by atoms with E-state index >= 15 is 0 Å². The van der Waals surface area contributed by atoms with Gasteiger partial charge in [-0.05, 0) is 24.1 Å². The summed E-state index contributed by atoms with van der Waals surface area (Å²) in [4.78, 5) is 0. The number of hydrogen-bond donors (Lipinski definition) is 2.